The largest absolute Gasteiger partial charge is 0.308 e. The minimum absolute atomic E-state index is 0.624. The molecule has 39 heavy (non-hydrogen) atoms. The van der Waals surface area contributed by atoms with Crippen LogP contribution in [0, 0.1) is 13.8 Å². The summed E-state index contributed by atoms with van der Waals surface area (Å²) in [5.41, 5.74) is 10.5. The first kappa shape index (κ1) is 24.4. The van der Waals surface area contributed by atoms with Crippen LogP contribution >= 0.6 is 0 Å². The van der Waals surface area contributed by atoms with E-state index in [1.54, 1.807) is 0 Å². The summed E-state index contributed by atoms with van der Waals surface area (Å²) in [7, 11) is 0. The molecular weight excluding hydrogens is 482 g/mol. The lowest BCUT2D eigenvalue weighted by Crippen LogP contribution is -2.06. The average molecular weight is 512 g/mol. The number of nitrogens with zero attached hydrogens (tertiary/aromatic N) is 6. The second kappa shape index (κ2) is 10.5. The fourth-order valence-corrected chi connectivity index (χ4v) is 5.17. The molecule has 3 aromatic carbocycles. The van der Waals surface area contributed by atoms with Crippen LogP contribution in [0.1, 0.15) is 52.1 Å². The van der Waals surface area contributed by atoms with Crippen LogP contribution < -0.4 is 0 Å². The van der Waals surface area contributed by atoms with E-state index in [0.717, 1.165) is 62.5 Å². The van der Waals surface area contributed by atoms with Crippen molar-refractivity contribution in [2.24, 2.45) is 0 Å². The van der Waals surface area contributed by atoms with Crippen molar-refractivity contribution in [1.29, 1.82) is 0 Å². The number of aromatic amines is 1. The number of aryl methyl sites for hydroxylation is 3. The molecule has 0 unspecified atom stereocenters. The standard InChI is InChI=1S/C32H29N7/c1-4-27-34-30-21(2)19-22(3)33-32(30)39(27)20-23-15-17-26(18-16-23)28(24-11-7-5-8-12-24)29(31-35-37-38-36-31)25-13-9-6-10-14-25/h5-19H,4,20H2,1-3H3,(H,35,36,37,38). The summed E-state index contributed by atoms with van der Waals surface area (Å²) in [5.74, 6) is 1.67. The van der Waals surface area contributed by atoms with Gasteiger partial charge in [-0.25, -0.2) is 15.1 Å². The Morgan fingerprint density at radius 1 is 0.769 bits per heavy atom. The van der Waals surface area contributed by atoms with E-state index < -0.39 is 0 Å². The highest BCUT2D eigenvalue weighted by Gasteiger charge is 2.19. The quantitative estimate of drug-likeness (QED) is 0.259. The summed E-state index contributed by atoms with van der Waals surface area (Å²) in [6.45, 7) is 6.99. The summed E-state index contributed by atoms with van der Waals surface area (Å²) in [4.78, 5) is 9.75. The number of hydrogen-bond donors (Lipinski definition) is 1. The van der Waals surface area contributed by atoms with Gasteiger partial charge in [-0.1, -0.05) is 91.9 Å². The Labute approximate surface area is 227 Å². The van der Waals surface area contributed by atoms with Gasteiger partial charge in [-0.2, -0.15) is 0 Å². The predicted octanol–water partition coefficient (Wildman–Crippen LogP) is 6.18. The van der Waals surface area contributed by atoms with Gasteiger partial charge in [0.25, 0.3) is 0 Å². The second-order valence-corrected chi connectivity index (χ2v) is 9.65. The second-order valence-electron chi connectivity index (χ2n) is 9.65. The third kappa shape index (κ3) is 4.75. The molecule has 0 atom stereocenters. The Hall–Kier alpha value is -4.91. The van der Waals surface area contributed by atoms with Gasteiger partial charge in [0.1, 0.15) is 11.3 Å². The minimum atomic E-state index is 0.624. The van der Waals surface area contributed by atoms with Crippen molar-refractivity contribution in [2.45, 2.75) is 33.7 Å². The van der Waals surface area contributed by atoms with Crippen LogP contribution in [0.5, 0.6) is 0 Å². The van der Waals surface area contributed by atoms with E-state index in [4.69, 9.17) is 9.97 Å². The van der Waals surface area contributed by atoms with Crippen LogP contribution in [-0.4, -0.2) is 35.2 Å². The SMILES string of the molecule is CCc1nc2c(C)cc(C)nc2n1Cc1ccc(C(=C(c2ccccc2)c2nnn[nH]2)c2ccccc2)cc1. The van der Waals surface area contributed by atoms with Crippen LogP contribution in [0.4, 0.5) is 0 Å². The third-order valence-electron chi connectivity index (χ3n) is 6.96. The molecule has 0 fully saturated rings. The minimum Gasteiger partial charge on any atom is -0.308 e. The monoisotopic (exact) mass is 511 g/mol. The molecule has 0 saturated heterocycles. The molecule has 0 saturated carbocycles. The molecule has 0 bridgehead atoms. The maximum Gasteiger partial charge on any atom is 0.180 e. The summed E-state index contributed by atoms with van der Waals surface area (Å²) in [6, 6.07) is 31.5. The molecule has 7 heteroatoms. The number of fused-ring (bicyclic) bond motifs is 1. The molecule has 0 amide bonds. The first-order valence-electron chi connectivity index (χ1n) is 13.1. The molecule has 6 rings (SSSR count). The van der Waals surface area contributed by atoms with E-state index in [1.165, 1.54) is 5.56 Å². The highest BCUT2D eigenvalue weighted by Crippen LogP contribution is 2.35. The molecule has 7 nitrogen and oxygen atoms in total. The van der Waals surface area contributed by atoms with Crippen LogP contribution in [-0.2, 0) is 13.0 Å². The summed E-state index contributed by atoms with van der Waals surface area (Å²) < 4.78 is 2.24. The molecule has 0 aliphatic carbocycles. The lowest BCUT2D eigenvalue weighted by atomic mass is 9.88. The van der Waals surface area contributed by atoms with E-state index in [9.17, 15) is 0 Å². The first-order valence-corrected chi connectivity index (χ1v) is 13.1. The van der Waals surface area contributed by atoms with Gasteiger partial charge in [0.15, 0.2) is 11.5 Å². The predicted molar refractivity (Wildman–Crippen MR) is 154 cm³/mol. The van der Waals surface area contributed by atoms with Crippen LogP contribution in [0.25, 0.3) is 22.3 Å². The Kier molecular flexibility index (Phi) is 6.55. The van der Waals surface area contributed by atoms with E-state index in [2.05, 4.69) is 106 Å². The molecular formula is C32H29N7. The zero-order valence-corrected chi connectivity index (χ0v) is 22.3. The normalized spacial score (nSPS) is 12.1. The summed E-state index contributed by atoms with van der Waals surface area (Å²) in [6.07, 6.45) is 0.847. The number of pyridine rings is 1. The van der Waals surface area contributed by atoms with Gasteiger partial charge >= 0.3 is 0 Å². The maximum absolute atomic E-state index is 4.91. The van der Waals surface area contributed by atoms with Crippen LogP contribution in [0.3, 0.4) is 0 Å². The lowest BCUT2D eigenvalue weighted by Gasteiger charge is -2.16. The Morgan fingerprint density at radius 3 is 2.03 bits per heavy atom. The van der Waals surface area contributed by atoms with Crippen molar-refractivity contribution < 1.29 is 0 Å². The first-order chi connectivity index (χ1) is 19.1. The smallest absolute Gasteiger partial charge is 0.180 e. The van der Waals surface area contributed by atoms with Crippen molar-refractivity contribution >= 4 is 22.3 Å². The van der Waals surface area contributed by atoms with Crippen molar-refractivity contribution in [3.8, 4) is 0 Å². The number of H-pyrrole nitrogens is 1. The summed E-state index contributed by atoms with van der Waals surface area (Å²) in [5, 5.41) is 15.0. The molecule has 3 aromatic heterocycles. The average Bonchev–Trinajstić information content (AvgIpc) is 3.62. The molecule has 0 aliphatic heterocycles. The third-order valence-corrected chi connectivity index (χ3v) is 6.96. The molecule has 0 aliphatic rings. The van der Waals surface area contributed by atoms with Gasteiger partial charge in [-0.05, 0) is 58.2 Å². The highest BCUT2D eigenvalue weighted by molar-refractivity contribution is 6.03. The fraction of sp³-hybridized carbons (Fsp3) is 0.156. The number of imidazole rings is 1. The van der Waals surface area contributed by atoms with E-state index in [0.29, 0.717) is 12.4 Å². The van der Waals surface area contributed by atoms with E-state index in [1.807, 2.05) is 31.2 Å². The molecule has 3 heterocycles. The Balaban J connectivity index is 1.47. The van der Waals surface area contributed by atoms with E-state index in [-0.39, 0.29) is 0 Å². The highest BCUT2D eigenvalue weighted by atomic mass is 15.5. The number of hydrogen-bond acceptors (Lipinski definition) is 5. The number of benzene rings is 3. The zero-order chi connectivity index (χ0) is 26.8. The Morgan fingerprint density at radius 2 is 1.41 bits per heavy atom. The van der Waals surface area contributed by atoms with Crippen LogP contribution in [0.2, 0.25) is 0 Å². The van der Waals surface area contributed by atoms with Gasteiger partial charge < -0.3 is 4.57 Å². The number of nitrogens with one attached hydrogen (secondary N) is 1. The van der Waals surface area contributed by atoms with Gasteiger partial charge in [0.2, 0.25) is 0 Å². The molecule has 0 spiro atoms. The van der Waals surface area contributed by atoms with E-state index >= 15 is 0 Å². The number of aromatic nitrogens is 7. The Bertz CT molecular complexity index is 1750. The lowest BCUT2D eigenvalue weighted by molar-refractivity contribution is 0.745. The van der Waals surface area contributed by atoms with Gasteiger partial charge in [0, 0.05) is 23.3 Å². The van der Waals surface area contributed by atoms with Gasteiger partial charge in [-0.15, -0.1) is 5.10 Å². The molecule has 1 N–H and O–H groups in total. The van der Waals surface area contributed by atoms with Crippen LogP contribution in [0.15, 0.2) is 91.0 Å². The van der Waals surface area contributed by atoms with Crippen molar-refractivity contribution in [3.63, 3.8) is 0 Å². The molecule has 192 valence electrons. The summed E-state index contributed by atoms with van der Waals surface area (Å²) >= 11 is 0. The van der Waals surface area contributed by atoms with Crippen molar-refractivity contribution in [2.75, 3.05) is 0 Å². The number of rotatable bonds is 7. The van der Waals surface area contributed by atoms with Crippen molar-refractivity contribution in [1.82, 2.24) is 35.2 Å². The number of tetrazole rings is 1. The maximum atomic E-state index is 4.91. The van der Waals surface area contributed by atoms with Gasteiger partial charge in [-0.3, -0.25) is 0 Å². The molecule has 6 aromatic rings. The molecule has 0 radical (unpaired) electrons. The van der Waals surface area contributed by atoms with Gasteiger partial charge in [0.05, 0.1) is 6.54 Å². The topological polar surface area (TPSA) is 85.2 Å². The fourth-order valence-electron chi connectivity index (χ4n) is 5.17. The van der Waals surface area contributed by atoms with Crippen molar-refractivity contribution in [3.05, 3.63) is 136 Å². The zero-order valence-electron chi connectivity index (χ0n) is 22.3.